The van der Waals surface area contributed by atoms with Crippen LogP contribution in [0.5, 0.6) is 5.75 Å². The summed E-state index contributed by atoms with van der Waals surface area (Å²) in [5.74, 6) is 1.000. The predicted octanol–water partition coefficient (Wildman–Crippen LogP) is 4.91. The van der Waals surface area contributed by atoms with Crippen molar-refractivity contribution in [3.63, 3.8) is 0 Å². The van der Waals surface area contributed by atoms with E-state index < -0.39 is 0 Å². The zero-order valence-corrected chi connectivity index (χ0v) is 13.9. The second kappa shape index (κ2) is 6.48. The summed E-state index contributed by atoms with van der Waals surface area (Å²) in [5.41, 5.74) is 1.34. The van der Waals surface area contributed by atoms with Crippen molar-refractivity contribution in [2.24, 2.45) is 0 Å². The van der Waals surface area contributed by atoms with Gasteiger partial charge in [-0.3, -0.25) is 0 Å². The third kappa shape index (κ3) is 4.21. The SMILES string of the molecule is CCC(C)Oc1ccc2ccccc2c1CNC(C)(C)C. The highest BCUT2D eigenvalue weighted by Gasteiger charge is 2.14. The van der Waals surface area contributed by atoms with Gasteiger partial charge >= 0.3 is 0 Å². The molecular formula is C19H27NO. The van der Waals surface area contributed by atoms with E-state index in [0.29, 0.717) is 0 Å². The number of nitrogens with one attached hydrogen (secondary N) is 1. The Morgan fingerprint density at radius 3 is 2.48 bits per heavy atom. The molecule has 0 fully saturated rings. The van der Waals surface area contributed by atoms with Gasteiger partial charge in [0.05, 0.1) is 6.10 Å². The van der Waals surface area contributed by atoms with Crippen LogP contribution in [0.4, 0.5) is 0 Å². The van der Waals surface area contributed by atoms with Crippen LogP contribution in [0.1, 0.15) is 46.6 Å². The van der Waals surface area contributed by atoms with Crippen LogP contribution in [-0.2, 0) is 6.54 Å². The second-order valence-electron chi connectivity index (χ2n) is 6.70. The first kappa shape index (κ1) is 15.8. The summed E-state index contributed by atoms with van der Waals surface area (Å²) >= 11 is 0. The fourth-order valence-corrected chi connectivity index (χ4v) is 2.26. The molecule has 0 saturated heterocycles. The molecule has 0 amide bonds. The Kier molecular flexibility index (Phi) is 4.89. The summed E-state index contributed by atoms with van der Waals surface area (Å²) in [7, 11) is 0. The van der Waals surface area contributed by atoms with Crippen molar-refractivity contribution in [2.75, 3.05) is 0 Å². The molecule has 0 saturated carbocycles. The highest BCUT2D eigenvalue weighted by molar-refractivity contribution is 5.87. The largest absolute Gasteiger partial charge is 0.490 e. The fraction of sp³-hybridized carbons (Fsp3) is 0.474. The number of benzene rings is 2. The van der Waals surface area contributed by atoms with Crippen molar-refractivity contribution in [3.05, 3.63) is 42.0 Å². The van der Waals surface area contributed by atoms with Crippen LogP contribution in [0.3, 0.4) is 0 Å². The monoisotopic (exact) mass is 285 g/mol. The van der Waals surface area contributed by atoms with Crippen LogP contribution < -0.4 is 10.1 Å². The average Bonchev–Trinajstić information content (AvgIpc) is 2.44. The zero-order valence-electron chi connectivity index (χ0n) is 13.9. The molecule has 0 aliphatic rings. The maximum absolute atomic E-state index is 6.13. The molecule has 0 aromatic heterocycles. The molecule has 1 N–H and O–H groups in total. The first-order valence-corrected chi connectivity index (χ1v) is 7.83. The minimum absolute atomic E-state index is 0.0879. The smallest absolute Gasteiger partial charge is 0.124 e. The molecule has 0 spiro atoms. The van der Waals surface area contributed by atoms with Gasteiger partial charge < -0.3 is 10.1 Å². The van der Waals surface area contributed by atoms with Gasteiger partial charge in [0.25, 0.3) is 0 Å². The standard InChI is InChI=1S/C19H27NO/c1-6-14(2)21-18-12-11-15-9-7-8-10-16(15)17(18)13-20-19(3,4)5/h7-12,14,20H,6,13H2,1-5H3. The molecular weight excluding hydrogens is 258 g/mol. The van der Waals surface area contributed by atoms with E-state index >= 15 is 0 Å². The van der Waals surface area contributed by atoms with Crippen molar-refractivity contribution < 1.29 is 4.74 Å². The van der Waals surface area contributed by atoms with E-state index in [0.717, 1.165) is 18.7 Å². The van der Waals surface area contributed by atoms with Gasteiger partial charge in [-0.05, 0) is 51.0 Å². The summed E-state index contributed by atoms with van der Waals surface area (Å²) in [4.78, 5) is 0. The van der Waals surface area contributed by atoms with E-state index in [2.05, 4.69) is 76.3 Å². The minimum Gasteiger partial charge on any atom is -0.490 e. The Bertz CT molecular complexity index is 598. The highest BCUT2D eigenvalue weighted by Crippen LogP contribution is 2.29. The number of fused-ring (bicyclic) bond motifs is 1. The molecule has 2 nitrogen and oxygen atoms in total. The molecule has 0 heterocycles. The molecule has 1 unspecified atom stereocenters. The lowest BCUT2D eigenvalue weighted by Gasteiger charge is -2.23. The molecule has 2 aromatic rings. The van der Waals surface area contributed by atoms with Gasteiger partial charge in [0, 0.05) is 17.6 Å². The van der Waals surface area contributed by atoms with Gasteiger partial charge in [-0.1, -0.05) is 37.3 Å². The first-order chi connectivity index (χ1) is 9.90. The van der Waals surface area contributed by atoms with Crippen LogP contribution in [0.15, 0.2) is 36.4 Å². The van der Waals surface area contributed by atoms with Crippen LogP contribution >= 0.6 is 0 Å². The molecule has 0 aliphatic carbocycles. The Balaban J connectivity index is 2.41. The first-order valence-electron chi connectivity index (χ1n) is 7.83. The van der Waals surface area contributed by atoms with E-state index in [1.54, 1.807) is 0 Å². The van der Waals surface area contributed by atoms with Crippen LogP contribution in [0, 0.1) is 0 Å². The summed E-state index contributed by atoms with van der Waals surface area (Å²) in [6.07, 6.45) is 1.25. The number of hydrogen-bond acceptors (Lipinski definition) is 2. The Hall–Kier alpha value is -1.54. The Morgan fingerprint density at radius 2 is 1.81 bits per heavy atom. The molecule has 114 valence electrons. The normalized spacial score (nSPS) is 13.4. The number of ether oxygens (including phenoxy) is 1. The zero-order chi connectivity index (χ0) is 15.5. The lowest BCUT2D eigenvalue weighted by molar-refractivity contribution is 0.215. The summed E-state index contributed by atoms with van der Waals surface area (Å²) < 4.78 is 6.13. The number of rotatable bonds is 5. The molecule has 0 radical (unpaired) electrons. The fourth-order valence-electron chi connectivity index (χ4n) is 2.26. The van der Waals surface area contributed by atoms with E-state index in [9.17, 15) is 0 Å². The lowest BCUT2D eigenvalue weighted by Crippen LogP contribution is -2.35. The van der Waals surface area contributed by atoms with Crippen LogP contribution in [0.2, 0.25) is 0 Å². The van der Waals surface area contributed by atoms with Crippen molar-refractivity contribution in [2.45, 2.75) is 59.2 Å². The molecule has 1 atom stereocenters. The third-order valence-electron chi connectivity index (χ3n) is 3.70. The molecule has 0 aliphatic heterocycles. The maximum Gasteiger partial charge on any atom is 0.124 e. The van der Waals surface area contributed by atoms with Gasteiger partial charge in [-0.25, -0.2) is 0 Å². The Labute approximate surface area is 128 Å². The van der Waals surface area contributed by atoms with Crippen LogP contribution in [-0.4, -0.2) is 11.6 Å². The van der Waals surface area contributed by atoms with Gasteiger partial charge in [0.1, 0.15) is 5.75 Å². The third-order valence-corrected chi connectivity index (χ3v) is 3.70. The van der Waals surface area contributed by atoms with Gasteiger partial charge in [0.2, 0.25) is 0 Å². The van der Waals surface area contributed by atoms with E-state index in [1.165, 1.54) is 16.3 Å². The molecule has 2 aromatic carbocycles. The van der Waals surface area contributed by atoms with E-state index in [-0.39, 0.29) is 11.6 Å². The minimum atomic E-state index is 0.0879. The average molecular weight is 285 g/mol. The van der Waals surface area contributed by atoms with Gasteiger partial charge in [0.15, 0.2) is 0 Å². The molecule has 2 rings (SSSR count). The predicted molar refractivity (Wildman–Crippen MR) is 90.9 cm³/mol. The number of hydrogen-bond donors (Lipinski definition) is 1. The topological polar surface area (TPSA) is 21.3 Å². The molecule has 0 bridgehead atoms. The summed E-state index contributed by atoms with van der Waals surface area (Å²) in [6, 6.07) is 12.8. The molecule has 2 heteroatoms. The molecule has 21 heavy (non-hydrogen) atoms. The van der Waals surface area contributed by atoms with Gasteiger partial charge in [-0.2, -0.15) is 0 Å². The van der Waals surface area contributed by atoms with Crippen molar-refractivity contribution in [1.29, 1.82) is 0 Å². The van der Waals surface area contributed by atoms with Gasteiger partial charge in [-0.15, -0.1) is 0 Å². The van der Waals surface area contributed by atoms with E-state index in [4.69, 9.17) is 4.74 Å². The summed E-state index contributed by atoms with van der Waals surface area (Å²) in [5, 5.41) is 6.12. The maximum atomic E-state index is 6.13. The van der Waals surface area contributed by atoms with Crippen molar-refractivity contribution in [1.82, 2.24) is 5.32 Å². The second-order valence-corrected chi connectivity index (χ2v) is 6.70. The highest BCUT2D eigenvalue weighted by atomic mass is 16.5. The van der Waals surface area contributed by atoms with Crippen molar-refractivity contribution in [3.8, 4) is 5.75 Å². The summed E-state index contributed by atoms with van der Waals surface area (Å²) in [6.45, 7) is 11.7. The lowest BCUT2D eigenvalue weighted by atomic mass is 10.0. The van der Waals surface area contributed by atoms with Crippen molar-refractivity contribution >= 4 is 10.8 Å². The van der Waals surface area contributed by atoms with E-state index in [1.807, 2.05) is 0 Å². The quantitative estimate of drug-likeness (QED) is 0.843. The Morgan fingerprint density at radius 1 is 1.10 bits per heavy atom. The van der Waals surface area contributed by atoms with Crippen LogP contribution in [0.25, 0.3) is 10.8 Å².